The molecule has 2 aromatic carbocycles. The predicted molar refractivity (Wildman–Crippen MR) is 82.5 cm³/mol. The number of hydrogen-bond donors (Lipinski definition) is 1. The predicted octanol–water partition coefficient (Wildman–Crippen LogP) is 1.91. The fourth-order valence-corrected chi connectivity index (χ4v) is 3.42. The lowest BCUT2D eigenvalue weighted by Crippen LogP contribution is -2.22. The van der Waals surface area contributed by atoms with Crippen molar-refractivity contribution >= 4 is 32.6 Å². The molecule has 23 heavy (non-hydrogen) atoms. The molecule has 3 rings (SSSR count). The highest BCUT2D eigenvalue weighted by molar-refractivity contribution is 7.92. The number of rotatable bonds is 4. The largest absolute Gasteiger partial charge is 0.545 e. The van der Waals surface area contributed by atoms with E-state index in [9.17, 15) is 18.3 Å². The molecule has 0 fully saturated rings. The van der Waals surface area contributed by atoms with Crippen molar-refractivity contribution in [2.45, 2.75) is 11.8 Å². The van der Waals surface area contributed by atoms with E-state index >= 15 is 0 Å². The first-order valence-electron chi connectivity index (χ1n) is 6.71. The Labute approximate surface area is 132 Å². The normalized spacial score (nSPS) is 11.5. The average Bonchev–Trinajstić information content (AvgIpc) is 2.83. The van der Waals surface area contributed by atoms with Crippen molar-refractivity contribution in [2.24, 2.45) is 0 Å². The number of hydrogen-bond acceptors (Lipinski definition) is 5. The zero-order chi connectivity index (χ0) is 16.6. The molecule has 0 unspecified atom stereocenters. The van der Waals surface area contributed by atoms with E-state index < -0.39 is 16.0 Å². The molecule has 1 N–H and O–H groups in total. The summed E-state index contributed by atoms with van der Waals surface area (Å²) in [6.07, 6.45) is 0. The van der Waals surface area contributed by atoms with Gasteiger partial charge in [0.05, 0.1) is 10.9 Å². The third-order valence-corrected chi connectivity index (χ3v) is 4.77. The molecule has 0 aliphatic carbocycles. The fraction of sp³-hybridized carbons (Fsp3) is 0.0625. The Morgan fingerprint density at radius 1 is 1.13 bits per heavy atom. The zero-order valence-electron chi connectivity index (χ0n) is 12.1. The maximum Gasteiger partial charge on any atom is 0.261 e. The molecule has 7 heteroatoms. The van der Waals surface area contributed by atoms with Gasteiger partial charge >= 0.3 is 0 Å². The highest BCUT2D eigenvalue weighted by atomic mass is 32.2. The molecule has 1 aromatic heterocycles. The van der Waals surface area contributed by atoms with Crippen molar-refractivity contribution < 1.29 is 22.7 Å². The Kier molecular flexibility index (Phi) is 3.57. The lowest BCUT2D eigenvalue weighted by atomic mass is 10.1. The molecule has 0 saturated carbocycles. The van der Waals surface area contributed by atoms with Crippen LogP contribution in [0.15, 0.2) is 57.8 Å². The summed E-state index contributed by atoms with van der Waals surface area (Å²) < 4.78 is 32.3. The second-order valence-corrected chi connectivity index (χ2v) is 6.63. The maximum atomic E-state index is 12.3. The zero-order valence-corrected chi connectivity index (χ0v) is 12.9. The van der Waals surface area contributed by atoms with E-state index in [2.05, 4.69) is 4.72 Å². The van der Waals surface area contributed by atoms with E-state index in [1.807, 2.05) is 0 Å². The third-order valence-electron chi connectivity index (χ3n) is 3.37. The van der Waals surface area contributed by atoms with Crippen LogP contribution in [-0.2, 0) is 10.0 Å². The molecule has 3 aromatic rings. The van der Waals surface area contributed by atoms with Gasteiger partial charge in [-0.05, 0) is 37.3 Å². The van der Waals surface area contributed by atoms with E-state index in [-0.39, 0.29) is 27.3 Å². The van der Waals surface area contributed by atoms with E-state index in [4.69, 9.17) is 4.42 Å². The topological polar surface area (TPSA) is 99.4 Å². The summed E-state index contributed by atoms with van der Waals surface area (Å²) in [6, 6.07) is 12.3. The van der Waals surface area contributed by atoms with Gasteiger partial charge in [0, 0.05) is 16.6 Å². The van der Waals surface area contributed by atoms with Gasteiger partial charge in [-0.1, -0.05) is 18.2 Å². The van der Waals surface area contributed by atoms with Crippen molar-refractivity contribution in [3.8, 4) is 0 Å². The third kappa shape index (κ3) is 2.78. The molecule has 0 atom stereocenters. The van der Waals surface area contributed by atoms with Crippen molar-refractivity contribution in [2.75, 3.05) is 4.72 Å². The van der Waals surface area contributed by atoms with Crippen molar-refractivity contribution in [3.63, 3.8) is 0 Å². The first-order chi connectivity index (χ1) is 10.9. The van der Waals surface area contributed by atoms with Gasteiger partial charge in [-0.25, -0.2) is 8.42 Å². The Balaban J connectivity index is 2.05. The quantitative estimate of drug-likeness (QED) is 0.787. The summed E-state index contributed by atoms with van der Waals surface area (Å²) in [5, 5.41) is 11.5. The van der Waals surface area contributed by atoms with Gasteiger partial charge in [-0.3, -0.25) is 4.72 Å². The van der Waals surface area contributed by atoms with Crippen molar-refractivity contribution in [1.82, 2.24) is 0 Å². The van der Waals surface area contributed by atoms with Crippen LogP contribution in [0.25, 0.3) is 11.0 Å². The number of sulfonamides is 1. The molecule has 1 heterocycles. The summed E-state index contributed by atoms with van der Waals surface area (Å²) in [7, 11) is -3.75. The van der Waals surface area contributed by atoms with Crippen LogP contribution in [0.2, 0.25) is 0 Å². The lowest BCUT2D eigenvalue weighted by Gasteiger charge is -2.08. The molecular formula is C16H12NO5S-. The van der Waals surface area contributed by atoms with Gasteiger partial charge in [0.2, 0.25) is 0 Å². The lowest BCUT2D eigenvalue weighted by molar-refractivity contribution is -0.254. The minimum absolute atomic E-state index is 0.0826. The van der Waals surface area contributed by atoms with Gasteiger partial charge in [-0.2, -0.15) is 0 Å². The van der Waals surface area contributed by atoms with Crippen LogP contribution in [0.1, 0.15) is 16.1 Å². The molecule has 0 saturated heterocycles. The Bertz CT molecular complexity index is 990. The smallest absolute Gasteiger partial charge is 0.261 e. The number of furan rings is 1. The van der Waals surface area contributed by atoms with Gasteiger partial charge in [0.15, 0.2) is 0 Å². The minimum atomic E-state index is -3.75. The number of fused-ring (bicyclic) bond motifs is 1. The van der Waals surface area contributed by atoms with Gasteiger partial charge < -0.3 is 14.3 Å². The van der Waals surface area contributed by atoms with Gasteiger partial charge in [-0.15, -0.1) is 0 Å². The van der Waals surface area contributed by atoms with Gasteiger partial charge in [0.1, 0.15) is 11.3 Å². The van der Waals surface area contributed by atoms with E-state index in [1.165, 1.54) is 37.3 Å². The first kappa shape index (κ1) is 15.1. The maximum absolute atomic E-state index is 12.3. The summed E-state index contributed by atoms with van der Waals surface area (Å²) in [5.41, 5.74) is 0.509. The molecule has 0 spiro atoms. The molecule has 0 aliphatic rings. The number of aryl methyl sites for hydroxylation is 1. The number of anilines is 1. The molecule has 6 nitrogen and oxygen atoms in total. The van der Waals surface area contributed by atoms with Crippen molar-refractivity contribution in [3.05, 3.63) is 59.9 Å². The van der Waals surface area contributed by atoms with Crippen LogP contribution < -0.4 is 9.83 Å². The molecular weight excluding hydrogens is 318 g/mol. The number of carboxylic acid groups (broad SMARTS) is 1. The van der Waals surface area contributed by atoms with Crippen LogP contribution in [0, 0.1) is 6.92 Å². The molecule has 0 radical (unpaired) electrons. The Morgan fingerprint density at radius 3 is 2.48 bits per heavy atom. The second-order valence-electron chi connectivity index (χ2n) is 4.95. The number of carbonyl (C=O) groups is 1. The van der Waals surface area contributed by atoms with Crippen LogP contribution >= 0.6 is 0 Å². The SMILES string of the molecule is Cc1oc2ccc(NS(=O)(=O)c3ccccc3)cc2c1C(=O)[O-]. The standard InChI is InChI=1S/C16H13NO5S/c1-10-15(16(18)19)13-9-11(7-8-14(13)22-10)17-23(20,21)12-5-3-2-4-6-12/h2-9,17H,1H3,(H,18,19)/p-1. The number of carboxylic acids is 1. The first-order valence-corrected chi connectivity index (χ1v) is 8.19. The highest BCUT2D eigenvalue weighted by Gasteiger charge is 2.16. The summed E-state index contributed by atoms with van der Waals surface area (Å²) in [4.78, 5) is 11.3. The molecule has 118 valence electrons. The van der Waals surface area contributed by atoms with Crippen LogP contribution in [0.5, 0.6) is 0 Å². The Hall–Kier alpha value is -2.80. The molecule has 0 bridgehead atoms. The second kappa shape index (κ2) is 5.44. The van der Waals surface area contributed by atoms with Crippen molar-refractivity contribution in [1.29, 1.82) is 0 Å². The highest BCUT2D eigenvalue weighted by Crippen LogP contribution is 2.28. The van der Waals surface area contributed by atoms with Crippen LogP contribution in [0.4, 0.5) is 5.69 Å². The summed E-state index contributed by atoms with van der Waals surface area (Å²) >= 11 is 0. The monoisotopic (exact) mass is 330 g/mol. The molecule has 0 aliphatic heterocycles. The number of aromatic carboxylic acids is 1. The van der Waals surface area contributed by atoms with E-state index in [1.54, 1.807) is 18.2 Å². The Morgan fingerprint density at radius 2 is 1.83 bits per heavy atom. The molecule has 0 amide bonds. The van der Waals surface area contributed by atoms with Crippen LogP contribution in [0.3, 0.4) is 0 Å². The number of carbonyl (C=O) groups excluding carboxylic acids is 1. The number of benzene rings is 2. The van der Waals surface area contributed by atoms with E-state index in [0.29, 0.717) is 5.58 Å². The van der Waals surface area contributed by atoms with Gasteiger partial charge in [0.25, 0.3) is 10.0 Å². The fourth-order valence-electron chi connectivity index (χ4n) is 2.35. The summed E-state index contributed by atoms with van der Waals surface area (Å²) in [6.45, 7) is 1.51. The average molecular weight is 330 g/mol. The van der Waals surface area contributed by atoms with Crippen LogP contribution in [-0.4, -0.2) is 14.4 Å². The number of nitrogens with one attached hydrogen (secondary N) is 1. The minimum Gasteiger partial charge on any atom is -0.545 e. The summed E-state index contributed by atoms with van der Waals surface area (Å²) in [5.74, 6) is -1.16. The van der Waals surface area contributed by atoms with E-state index in [0.717, 1.165) is 0 Å².